The standard InChI is InChI=1S/C16H18BrN5O2/c17-12-3-1-2-4-14(12)24-11-7-9-22(10-8-11)15-6-5-13(20-21-15)16(23)19-18/h1-6,11H,7-10,18H2,(H,19,23). The van der Waals surface area contributed by atoms with Crippen LogP contribution in [-0.4, -0.2) is 35.3 Å². The number of rotatable bonds is 4. The molecule has 1 saturated heterocycles. The fourth-order valence-corrected chi connectivity index (χ4v) is 2.99. The summed E-state index contributed by atoms with van der Waals surface area (Å²) in [6.45, 7) is 1.65. The Bertz CT molecular complexity index is 702. The molecule has 3 rings (SSSR count). The highest BCUT2D eigenvalue weighted by atomic mass is 79.9. The average molecular weight is 392 g/mol. The lowest BCUT2D eigenvalue weighted by Crippen LogP contribution is -2.39. The number of hydrogen-bond donors (Lipinski definition) is 2. The minimum absolute atomic E-state index is 0.176. The third kappa shape index (κ3) is 3.82. The summed E-state index contributed by atoms with van der Waals surface area (Å²) in [7, 11) is 0. The molecule has 0 aliphatic carbocycles. The van der Waals surface area contributed by atoms with Crippen LogP contribution in [0.5, 0.6) is 5.75 Å². The van der Waals surface area contributed by atoms with Crippen molar-refractivity contribution in [2.45, 2.75) is 18.9 Å². The maximum absolute atomic E-state index is 11.4. The fourth-order valence-electron chi connectivity index (χ4n) is 2.61. The molecule has 1 aromatic heterocycles. The van der Waals surface area contributed by atoms with Crippen LogP contribution in [-0.2, 0) is 0 Å². The lowest BCUT2D eigenvalue weighted by Gasteiger charge is -2.32. The molecule has 1 aromatic carbocycles. The van der Waals surface area contributed by atoms with Crippen molar-refractivity contribution in [3.8, 4) is 5.75 Å². The summed E-state index contributed by atoms with van der Waals surface area (Å²) in [4.78, 5) is 13.5. The molecular weight excluding hydrogens is 374 g/mol. The van der Waals surface area contributed by atoms with Gasteiger partial charge in [0.05, 0.1) is 4.47 Å². The summed E-state index contributed by atoms with van der Waals surface area (Å²) in [5, 5.41) is 8.01. The van der Waals surface area contributed by atoms with Crippen molar-refractivity contribution in [3.05, 3.63) is 46.6 Å². The summed E-state index contributed by atoms with van der Waals surface area (Å²) in [6.07, 6.45) is 1.97. The number of benzene rings is 1. The molecule has 1 aliphatic heterocycles. The summed E-state index contributed by atoms with van der Waals surface area (Å²) in [6, 6.07) is 11.3. The zero-order valence-corrected chi connectivity index (χ0v) is 14.6. The Morgan fingerprint density at radius 1 is 1.21 bits per heavy atom. The van der Waals surface area contributed by atoms with Crippen LogP contribution in [0.25, 0.3) is 0 Å². The average Bonchev–Trinajstić information content (AvgIpc) is 2.64. The second-order valence-corrected chi connectivity index (χ2v) is 6.34. The Labute approximate surface area is 148 Å². The van der Waals surface area contributed by atoms with Gasteiger partial charge in [0, 0.05) is 25.9 Å². The first-order valence-electron chi connectivity index (χ1n) is 7.68. The number of carbonyl (C=O) groups is 1. The molecule has 0 saturated carbocycles. The lowest BCUT2D eigenvalue weighted by atomic mass is 10.1. The molecule has 1 aliphatic rings. The molecule has 2 heterocycles. The van der Waals surface area contributed by atoms with E-state index in [-0.39, 0.29) is 11.8 Å². The van der Waals surface area contributed by atoms with E-state index in [9.17, 15) is 4.79 Å². The van der Waals surface area contributed by atoms with Crippen LogP contribution >= 0.6 is 15.9 Å². The van der Waals surface area contributed by atoms with Gasteiger partial charge < -0.3 is 9.64 Å². The fraction of sp³-hybridized carbons (Fsp3) is 0.312. The largest absolute Gasteiger partial charge is 0.489 e. The third-order valence-corrected chi connectivity index (χ3v) is 4.57. The maximum atomic E-state index is 11.4. The zero-order valence-electron chi connectivity index (χ0n) is 13.0. The molecule has 0 atom stereocenters. The van der Waals surface area contributed by atoms with Crippen molar-refractivity contribution in [2.24, 2.45) is 5.84 Å². The molecule has 24 heavy (non-hydrogen) atoms. The highest BCUT2D eigenvalue weighted by Gasteiger charge is 2.22. The SMILES string of the molecule is NNC(=O)c1ccc(N2CCC(Oc3ccccc3Br)CC2)nn1. The van der Waals surface area contributed by atoms with E-state index >= 15 is 0 Å². The predicted octanol–water partition coefficient (Wildman–Crippen LogP) is 1.89. The van der Waals surface area contributed by atoms with E-state index in [0.717, 1.165) is 42.0 Å². The van der Waals surface area contributed by atoms with E-state index in [1.807, 2.05) is 29.7 Å². The van der Waals surface area contributed by atoms with Gasteiger partial charge in [-0.2, -0.15) is 0 Å². The number of para-hydroxylation sites is 1. The molecule has 3 N–H and O–H groups in total. The molecule has 7 nitrogen and oxygen atoms in total. The molecule has 8 heteroatoms. The number of nitrogen functional groups attached to an aromatic ring is 1. The first-order valence-corrected chi connectivity index (χ1v) is 8.47. The molecule has 0 radical (unpaired) electrons. The Kier molecular flexibility index (Phi) is 5.27. The van der Waals surface area contributed by atoms with Crippen LogP contribution in [0.2, 0.25) is 0 Å². The van der Waals surface area contributed by atoms with Gasteiger partial charge in [-0.15, -0.1) is 10.2 Å². The number of nitrogens with two attached hydrogens (primary N) is 1. The van der Waals surface area contributed by atoms with Gasteiger partial charge in [0.1, 0.15) is 11.9 Å². The van der Waals surface area contributed by atoms with Crippen LogP contribution in [0.1, 0.15) is 23.3 Å². The van der Waals surface area contributed by atoms with Gasteiger partial charge in [0.25, 0.3) is 5.91 Å². The summed E-state index contributed by atoms with van der Waals surface area (Å²) in [5.74, 6) is 6.25. The van der Waals surface area contributed by atoms with Gasteiger partial charge in [-0.3, -0.25) is 10.2 Å². The second-order valence-electron chi connectivity index (χ2n) is 5.48. The van der Waals surface area contributed by atoms with Crippen LogP contribution < -0.4 is 20.9 Å². The lowest BCUT2D eigenvalue weighted by molar-refractivity contribution is 0.0947. The molecule has 0 spiro atoms. The van der Waals surface area contributed by atoms with Gasteiger partial charge in [-0.05, 0) is 40.2 Å². The van der Waals surface area contributed by atoms with E-state index in [1.54, 1.807) is 12.1 Å². The van der Waals surface area contributed by atoms with Crippen LogP contribution in [0.4, 0.5) is 5.82 Å². The summed E-state index contributed by atoms with van der Waals surface area (Å²) in [5.41, 5.74) is 2.24. The van der Waals surface area contributed by atoms with Gasteiger partial charge in [0.2, 0.25) is 0 Å². The molecule has 126 valence electrons. The quantitative estimate of drug-likeness (QED) is 0.469. The number of ether oxygens (including phenoxy) is 1. The van der Waals surface area contributed by atoms with Crippen molar-refractivity contribution < 1.29 is 9.53 Å². The highest BCUT2D eigenvalue weighted by Crippen LogP contribution is 2.27. The number of piperidine rings is 1. The number of halogens is 1. The van der Waals surface area contributed by atoms with Crippen LogP contribution in [0.15, 0.2) is 40.9 Å². The number of carbonyl (C=O) groups excluding carboxylic acids is 1. The minimum Gasteiger partial charge on any atom is -0.489 e. The van der Waals surface area contributed by atoms with Crippen LogP contribution in [0, 0.1) is 0 Å². The second kappa shape index (κ2) is 7.59. The number of hydrogen-bond acceptors (Lipinski definition) is 6. The van der Waals surface area contributed by atoms with E-state index < -0.39 is 5.91 Å². The van der Waals surface area contributed by atoms with Crippen molar-refractivity contribution >= 4 is 27.7 Å². The van der Waals surface area contributed by atoms with E-state index in [0.29, 0.717) is 0 Å². The molecular formula is C16H18BrN5O2. The van der Waals surface area contributed by atoms with E-state index in [2.05, 4.69) is 31.0 Å². The Morgan fingerprint density at radius 3 is 2.58 bits per heavy atom. The normalized spacial score (nSPS) is 15.2. The highest BCUT2D eigenvalue weighted by molar-refractivity contribution is 9.10. The number of aromatic nitrogens is 2. The summed E-state index contributed by atoms with van der Waals surface area (Å²) < 4.78 is 7.02. The van der Waals surface area contributed by atoms with Crippen molar-refractivity contribution in [1.82, 2.24) is 15.6 Å². The molecule has 0 unspecified atom stereocenters. The number of nitrogens with one attached hydrogen (secondary N) is 1. The van der Waals surface area contributed by atoms with Gasteiger partial charge in [-0.1, -0.05) is 12.1 Å². The number of hydrazine groups is 1. The van der Waals surface area contributed by atoms with Crippen molar-refractivity contribution in [3.63, 3.8) is 0 Å². The number of amides is 1. The minimum atomic E-state index is -0.449. The number of nitrogens with zero attached hydrogens (tertiary/aromatic N) is 3. The van der Waals surface area contributed by atoms with Crippen molar-refractivity contribution in [2.75, 3.05) is 18.0 Å². The summed E-state index contributed by atoms with van der Waals surface area (Å²) >= 11 is 3.50. The Morgan fingerprint density at radius 2 is 1.96 bits per heavy atom. The number of anilines is 1. The van der Waals surface area contributed by atoms with Crippen LogP contribution in [0.3, 0.4) is 0 Å². The predicted molar refractivity (Wildman–Crippen MR) is 93.7 cm³/mol. The zero-order chi connectivity index (χ0) is 16.9. The topological polar surface area (TPSA) is 93.4 Å². The molecule has 1 amide bonds. The molecule has 0 bridgehead atoms. The Balaban J connectivity index is 1.57. The van der Waals surface area contributed by atoms with Gasteiger partial charge >= 0.3 is 0 Å². The smallest absolute Gasteiger partial charge is 0.285 e. The monoisotopic (exact) mass is 391 g/mol. The Hall–Kier alpha value is -2.19. The third-order valence-electron chi connectivity index (χ3n) is 3.91. The molecule has 1 fully saturated rings. The van der Waals surface area contributed by atoms with Crippen molar-refractivity contribution in [1.29, 1.82) is 0 Å². The maximum Gasteiger partial charge on any atom is 0.285 e. The first-order chi connectivity index (χ1) is 11.7. The van der Waals surface area contributed by atoms with Gasteiger partial charge in [-0.25, -0.2) is 5.84 Å². The van der Waals surface area contributed by atoms with Gasteiger partial charge in [0.15, 0.2) is 11.5 Å². The van der Waals surface area contributed by atoms with E-state index in [1.165, 1.54) is 0 Å². The first kappa shape index (κ1) is 16.7. The molecule has 2 aromatic rings. The van der Waals surface area contributed by atoms with E-state index in [4.69, 9.17) is 10.6 Å².